The van der Waals surface area contributed by atoms with Crippen LogP contribution >= 0.6 is 20.1 Å². The quantitative estimate of drug-likeness (QED) is 0.284. The molecule has 90 valence electrons. The van der Waals surface area contributed by atoms with E-state index in [-0.39, 0.29) is 0 Å². The molecule has 1 N–H and O–H groups in total. The van der Waals surface area contributed by atoms with Gasteiger partial charge in [0, 0.05) is 0 Å². The van der Waals surface area contributed by atoms with E-state index in [1.165, 1.54) is 0 Å². The number of alkyl halides is 1. The number of hydrogen-bond acceptors (Lipinski definition) is 3. The number of amides is 1. The first kappa shape index (κ1) is 14.7. The molecular formula is C10H20INO3. The first-order valence-corrected chi connectivity index (χ1v) is 8.69. The Balaban J connectivity index is 4.08. The van der Waals surface area contributed by atoms with Gasteiger partial charge < -0.3 is 0 Å². The van der Waals surface area contributed by atoms with Crippen molar-refractivity contribution >= 4 is 30.5 Å². The summed E-state index contributed by atoms with van der Waals surface area (Å²) in [7, 11) is 0. The third kappa shape index (κ3) is 8.65. The summed E-state index contributed by atoms with van der Waals surface area (Å²) in [5, 5.41) is 0. The average molecular weight is 329 g/mol. The van der Waals surface area contributed by atoms with Crippen molar-refractivity contribution in [3.63, 3.8) is 0 Å². The van der Waals surface area contributed by atoms with Gasteiger partial charge in [0.25, 0.3) is 0 Å². The zero-order valence-corrected chi connectivity index (χ0v) is 12.1. The Morgan fingerprint density at radius 1 is 1.47 bits per heavy atom. The van der Waals surface area contributed by atoms with Crippen molar-refractivity contribution in [3.8, 4) is 0 Å². The van der Waals surface area contributed by atoms with Crippen LogP contribution in [0.2, 0.25) is 0 Å². The van der Waals surface area contributed by atoms with Crippen molar-refractivity contribution in [2.45, 2.75) is 40.2 Å². The van der Waals surface area contributed by atoms with Gasteiger partial charge >= 0.3 is 98.9 Å². The van der Waals surface area contributed by atoms with Gasteiger partial charge in [0.05, 0.1) is 0 Å². The van der Waals surface area contributed by atoms with E-state index in [9.17, 15) is 9.59 Å². The zero-order chi connectivity index (χ0) is 12.1. The summed E-state index contributed by atoms with van der Waals surface area (Å²) >= 11 is -2.00. The van der Waals surface area contributed by atoms with Crippen LogP contribution in [0.25, 0.3) is 0 Å². The fraction of sp³-hybridized carbons (Fsp3) is 0.800. The summed E-state index contributed by atoms with van der Waals surface area (Å²) < 4.78 is 9.44. The Bertz CT molecular complexity index is 223. The van der Waals surface area contributed by atoms with Crippen LogP contribution in [0, 0.1) is 5.92 Å². The summed E-state index contributed by atoms with van der Waals surface area (Å²) in [5.41, 5.74) is -0.507. The van der Waals surface area contributed by atoms with E-state index in [1.807, 2.05) is 13.8 Å². The van der Waals surface area contributed by atoms with Crippen molar-refractivity contribution < 1.29 is 14.3 Å². The van der Waals surface area contributed by atoms with Gasteiger partial charge in [-0.1, -0.05) is 0 Å². The molecule has 0 aliphatic rings. The van der Waals surface area contributed by atoms with Crippen LogP contribution in [-0.2, 0) is 9.53 Å². The van der Waals surface area contributed by atoms with Crippen LogP contribution in [-0.4, -0.2) is 20.4 Å². The van der Waals surface area contributed by atoms with Crippen molar-refractivity contribution in [2.24, 2.45) is 5.92 Å². The predicted octanol–water partition coefficient (Wildman–Crippen LogP) is 2.78. The van der Waals surface area contributed by atoms with Gasteiger partial charge in [-0.3, -0.25) is 0 Å². The van der Waals surface area contributed by atoms with Crippen molar-refractivity contribution in [2.75, 3.05) is 4.43 Å². The molecule has 15 heavy (non-hydrogen) atoms. The molecule has 0 aliphatic carbocycles. The third-order valence-electron chi connectivity index (χ3n) is 1.18. The van der Waals surface area contributed by atoms with Crippen LogP contribution in [0.3, 0.4) is 0 Å². The van der Waals surface area contributed by atoms with Gasteiger partial charge in [-0.25, -0.2) is 0 Å². The van der Waals surface area contributed by atoms with E-state index in [0.717, 1.165) is 8.72 Å². The van der Waals surface area contributed by atoms with Crippen molar-refractivity contribution in [1.82, 2.24) is 3.53 Å². The summed E-state index contributed by atoms with van der Waals surface area (Å²) in [6, 6.07) is 0. The summed E-state index contributed by atoms with van der Waals surface area (Å²) in [4.78, 5) is 22.1. The summed E-state index contributed by atoms with van der Waals surface area (Å²) in [6.45, 7) is 9.47. The Morgan fingerprint density at radius 3 is 2.33 bits per heavy atom. The fourth-order valence-electron chi connectivity index (χ4n) is 0.826. The molecule has 0 unspecified atom stereocenters. The monoisotopic (exact) mass is 329 g/mol. The van der Waals surface area contributed by atoms with E-state index in [2.05, 4.69) is 3.53 Å². The molecule has 0 aromatic carbocycles. The number of ether oxygens (including phenoxy) is 1. The molecule has 0 bridgehead atoms. The Labute approximate surface area is 98.9 Å². The molecule has 0 rings (SSSR count). The molecule has 0 aliphatic heterocycles. The van der Waals surface area contributed by atoms with Gasteiger partial charge in [-0.05, 0) is 0 Å². The molecule has 0 atom stereocenters. The summed E-state index contributed by atoms with van der Waals surface area (Å²) in [5.74, 6) is 0.426. The van der Waals surface area contributed by atoms with E-state index in [4.69, 9.17) is 4.74 Å². The van der Waals surface area contributed by atoms with Crippen LogP contribution < -0.4 is 3.53 Å². The standard InChI is InChI=1S/C10H20INO3/c1-8(2)6-11(7-13)12-9(14)15-10(3,4)5/h7-8H,6H2,1-5H3,(H,12,14). The van der Waals surface area contributed by atoms with E-state index in [0.29, 0.717) is 5.92 Å². The first-order valence-electron chi connectivity index (χ1n) is 4.84. The minimum absolute atomic E-state index is 0.426. The second-order valence-corrected chi connectivity index (χ2v) is 8.83. The molecule has 0 saturated heterocycles. The third-order valence-corrected chi connectivity index (χ3v) is 5.64. The molecule has 1 amide bonds. The van der Waals surface area contributed by atoms with Crippen LogP contribution in [0.1, 0.15) is 34.6 Å². The molecule has 0 spiro atoms. The van der Waals surface area contributed by atoms with Crippen LogP contribution in [0.15, 0.2) is 0 Å². The van der Waals surface area contributed by atoms with Crippen LogP contribution in [0.5, 0.6) is 0 Å². The van der Waals surface area contributed by atoms with Gasteiger partial charge in [-0.15, -0.1) is 0 Å². The number of halogens is 1. The molecule has 0 heterocycles. The number of hydrogen-bond donors (Lipinski definition) is 1. The molecule has 0 saturated carbocycles. The van der Waals surface area contributed by atoms with Gasteiger partial charge in [0.15, 0.2) is 0 Å². The Morgan fingerprint density at radius 2 is 2.00 bits per heavy atom. The van der Waals surface area contributed by atoms with Gasteiger partial charge in [0.2, 0.25) is 0 Å². The molecule has 0 fully saturated rings. The molecule has 5 heteroatoms. The second kappa shape index (κ2) is 6.30. The minimum atomic E-state index is -2.00. The number of nitrogens with one attached hydrogen (secondary N) is 1. The fourth-order valence-corrected chi connectivity index (χ4v) is 3.95. The number of rotatable bonds is 4. The normalized spacial score (nSPS) is 12.3. The van der Waals surface area contributed by atoms with E-state index >= 15 is 0 Å². The Hall–Kier alpha value is -0.330. The van der Waals surface area contributed by atoms with Crippen molar-refractivity contribution in [1.29, 1.82) is 0 Å². The van der Waals surface area contributed by atoms with Crippen molar-refractivity contribution in [3.05, 3.63) is 0 Å². The average Bonchev–Trinajstić information content (AvgIpc) is 1.98. The maximum atomic E-state index is 11.4. The van der Waals surface area contributed by atoms with E-state index in [1.54, 1.807) is 20.8 Å². The Kier molecular flexibility index (Phi) is 6.16. The molecule has 4 nitrogen and oxygen atoms in total. The number of carbonyl (C=O) groups excluding carboxylic acids is 2. The molecule has 0 radical (unpaired) electrons. The molecule has 0 aromatic rings. The van der Waals surface area contributed by atoms with Crippen LogP contribution in [0.4, 0.5) is 4.79 Å². The maximum absolute atomic E-state index is 11.4. The number of carbonyl (C=O) groups is 2. The van der Waals surface area contributed by atoms with Gasteiger partial charge in [0.1, 0.15) is 0 Å². The molecular weight excluding hydrogens is 309 g/mol. The predicted molar refractivity (Wildman–Crippen MR) is 69.8 cm³/mol. The first-order chi connectivity index (χ1) is 6.74. The zero-order valence-electron chi connectivity index (χ0n) is 9.96. The second-order valence-electron chi connectivity index (χ2n) is 4.63. The molecule has 0 aromatic heterocycles. The SMILES string of the molecule is CC(C)CI(C=O)NC(=O)OC(C)(C)C. The topological polar surface area (TPSA) is 55.4 Å². The van der Waals surface area contributed by atoms with Gasteiger partial charge in [-0.2, -0.15) is 0 Å². The summed E-state index contributed by atoms with van der Waals surface area (Å²) in [6.07, 6.45) is -0.472. The van der Waals surface area contributed by atoms with E-state index < -0.39 is 31.8 Å².